The van der Waals surface area contributed by atoms with E-state index in [1.54, 1.807) is 24.8 Å². The van der Waals surface area contributed by atoms with Crippen molar-refractivity contribution in [3.8, 4) is 0 Å². The van der Waals surface area contributed by atoms with Crippen LogP contribution in [0.4, 0.5) is 0 Å². The summed E-state index contributed by atoms with van der Waals surface area (Å²) in [5, 5.41) is 5.31. The molecule has 0 unspecified atom stereocenters. The largest absolute Gasteiger partial charge is 0.278 e. The molecular formula is C17H14N4. The molecule has 0 spiro atoms. The summed E-state index contributed by atoms with van der Waals surface area (Å²) in [6.45, 7) is 3.95. The van der Waals surface area contributed by atoms with E-state index in [-0.39, 0.29) is 0 Å². The lowest BCUT2D eigenvalue weighted by atomic mass is 10.1. The Labute approximate surface area is 122 Å². The van der Waals surface area contributed by atoms with Crippen molar-refractivity contribution >= 4 is 22.8 Å². The molecule has 0 aliphatic rings. The van der Waals surface area contributed by atoms with Gasteiger partial charge < -0.3 is 0 Å². The standard InChI is InChI=1S/C17H14N4/c1-13(14-6-9-18-10-7-14)21-20-12-15-8-11-19-17-5-3-2-4-16(15)17/h2-12,21H,1H2/b20-12+. The van der Waals surface area contributed by atoms with Crippen molar-refractivity contribution in [1.82, 2.24) is 15.4 Å². The minimum atomic E-state index is 0.729. The lowest BCUT2D eigenvalue weighted by Gasteiger charge is -2.04. The van der Waals surface area contributed by atoms with Crippen molar-refractivity contribution in [3.05, 3.63) is 78.8 Å². The van der Waals surface area contributed by atoms with E-state index in [2.05, 4.69) is 27.1 Å². The average molecular weight is 274 g/mol. The van der Waals surface area contributed by atoms with Gasteiger partial charge in [-0.05, 0) is 24.3 Å². The van der Waals surface area contributed by atoms with Crippen LogP contribution in [0.3, 0.4) is 0 Å². The molecule has 2 heterocycles. The van der Waals surface area contributed by atoms with Crippen LogP contribution in [0.25, 0.3) is 16.6 Å². The van der Waals surface area contributed by atoms with Gasteiger partial charge >= 0.3 is 0 Å². The number of nitrogens with zero attached hydrogens (tertiary/aromatic N) is 3. The number of rotatable bonds is 4. The third-order valence-electron chi connectivity index (χ3n) is 3.11. The molecule has 2 aromatic heterocycles. The van der Waals surface area contributed by atoms with E-state index in [0.717, 1.165) is 27.7 Å². The van der Waals surface area contributed by atoms with Crippen LogP contribution in [0.5, 0.6) is 0 Å². The zero-order valence-electron chi connectivity index (χ0n) is 11.4. The van der Waals surface area contributed by atoms with Gasteiger partial charge in [0, 0.05) is 35.1 Å². The van der Waals surface area contributed by atoms with Gasteiger partial charge in [-0.3, -0.25) is 15.4 Å². The van der Waals surface area contributed by atoms with Gasteiger partial charge in [-0.1, -0.05) is 24.8 Å². The second kappa shape index (κ2) is 5.96. The molecule has 0 bridgehead atoms. The number of nitrogens with one attached hydrogen (secondary N) is 1. The molecule has 0 fully saturated rings. The topological polar surface area (TPSA) is 50.2 Å². The molecule has 1 N–H and O–H groups in total. The first-order valence-corrected chi connectivity index (χ1v) is 6.57. The summed E-state index contributed by atoms with van der Waals surface area (Å²) in [4.78, 5) is 8.30. The fraction of sp³-hybridized carbons (Fsp3) is 0. The maximum Gasteiger partial charge on any atom is 0.0708 e. The number of aromatic nitrogens is 2. The average Bonchev–Trinajstić information content (AvgIpc) is 2.56. The van der Waals surface area contributed by atoms with E-state index < -0.39 is 0 Å². The van der Waals surface area contributed by atoms with Crippen molar-refractivity contribution < 1.29 is 0 Å². The number of hydrazone groups is 1. The summed E-state index contributed by atoms with van der Waals surface area (Å²) in [6.07, 6.45) is 7.00. The first-order valence-electron chi connectivity index (χ1n) is 6.57. The Bertz CT molecular complexity index is 789. The number of para-hydroxylation sites is 1. The van der Waals surface area contributed by atoms with E-state index in [1.165, 1.54) is 0 Å². The Balaban J connectivity index is 1.78. The van der Waals surface area contributed by atoms with Gasteiger partial charge in [0.15, 0.2) is 0 Å². The molecule has 0 aliphatic carbocycles. The Kier molecular flexibility index (Phi) is 3.69. The van der Waals surface area contributed by atoms with Crippen molar-refractivity contribution in [2.75, 3.05) is 0 Å². The van der Waals surface area contributed by atoms with E-state index in [1.807, 2.05) is 42.5 Å². The molecule has 21 heavy (non-hydrogen) atoms. The van der Waals surface area contributed by atoms with Gasteiger partial charge in [-0.25, -0.2) is 0 Å². The van der Waals surface area contributed by atoms with E-state index in [0.29, 0.717) is 0 Å². The minimum Gasteiger partial charge on any atom is -0.278 e. The van der Waals surface area contributed by atoms with Crippen LogP contribution in [0.15, 0.2) is 72.7 Å². The lowest BCUT2D eigenvalue weighted by Crippen LogP contribution is -2.03. The molecule has 0 aliphatic heterocycles. The second-order valence-corrected chi connectivity index (χ2v) is 4.50. The van der Waals surface area contributed by atoms with Crippen LogP contribution < -0.4 is 5.43 Å². The molecule has 0 amide bonds. The third kappa shape index (κ3) is 2.95. The Morgan fingerprint density at radius 2 is 1.86 bits per heavy atom. The van der Waals surface area contributed by atoms with Crippen molar-refractivity contribution in [2.24, 2.45) is 5.10 Å². The Hall–Kier alpha value is -3.01. The number of hydrogen-bond donors (Lipinski definition) is 1. The molecule has 3 aromatic rings. The van der Waals surface area contributed by atoms with Gasteiger partial charge in [0.2, 0.25) is 0 Å². The summed E-state index contributed by atoms with van der Waals surface area (Å²) in [6, 6.07) is 13.7. The molecule has 0 saturated carbocycles. The van der Waals surface area contributed by atoms with Crippen LogP contribution in [0, 0.1) is 0 Å². The number of hydrogen-bond acceptors (Lipinski definition) is 4. The highest BCUT2D eigenvalue weighted by Crippen LogP contribution is 2.14. The van der Waals surface area contributed by atoms with Crippen LogP contribution >= 0.6 is 0 Å². The highest BCUT2D eigenvalue weighted by atomic mass is 15.3. The minimum absolute atomic E-state index is 0.729. The van der Waals surface area contributed by atoms with Crippen LogP contribution in [-0.4, -0.2) is 16.2 Å². The van der Waals surface area contributed by atoms with Gasteiger partial charge in [-0.2, -0.15) is 5.10 Å². The monoisotopic (exact) mass is 274 g/mol. The van der Waals surface area contributed by atoms with Crippen LogP contribution in [0.1, 0.15) is 11.1 Å². The maximum absolute atomic E-state index is 4.33. The predicted octanol–water partition coefficient (Wildman–Crippen LogP) is 3.22. The van der Waals surface area contributed by atoms with E-state index in [9.17, 15) is 0 Å². The van der Waals surface area contributed by atoms with Gasteiger partial charge in [0.1, 0.15) is 0 Å². The molecule has 4 nitrogen and oxygen atoms in total. The first kappa shape index (κ1) is 13.0. The highest BCUT2D eigenvalue weighted by Gasteiger charge is 1.99. The highest BCUT2D eigenvalue weighted by molar-refractivity contribution is 5.97. The number of benzene rings is 1. The molecule has 0 saturated heterocycles. The van der Waals surface area contributed by atoms with Crippen LogP contribution in [-0.2, 0) is 0 Å². The summed E-state index contributed by atoms with van der Waals surface area (Å²) in [5.74, 6) is 0. The molecular weight excluding hydrogens is 260 g/mol. The number of fused-ring (bicyclic) bond motifs is 1. The molecule has 4 heteroatoms. The third-order valence-corrected chi connectivity index (χ3v) is 3.11. The molecule has 3 rings (SSSR count). The molecule has 102 valence electrons. The van der Waals surface area contributed by atoms with Crippen molar-refractivity contribution in [1.29, 1.82) is 0 Å². The quantitative estimate of drug-likeness (QED) is 0.587. The zero-order chi connectivity index (χ0) is 14.5. The predicted molar refractivity (Wildman–Crippen MR) is 85.7 cm³/mol. The smallest absolute Gasteiger partial charge is 0.0708 e. The Morgan fingerprint density at radius 3 is 2.71 bits per heavy atom. The Morgan fingerprint density at radius 1 is 1.05 bits per heavy atom. The SMILES string of the molecule is C=C(N/N=C/c1ccnc2ccccc12)c1ccncc1. The second-order valence-electron chi connectivity index (χ2n) is 4.50. The van der Waals surface area contributed by atoms with Gasteiger partial charge in [-0.15, -0.1) is 0 Å². The zero-order valence-corrected chi connectivity index (χ0v) is 11.4. The number of pyridine rings is 2. The fourth-order valence-electron chi connectivity index (χ4n) is 2.03. The van der Waals surface area contributed by atoms with E-state index in [4.69, 9.17) is 0 Å². The fourth-order valence-corrected chi connectivity index (χ4v) is 2.03. The van der Waals surface area contributed by atoms with Crippen LogP contribution in [0.2, 0.25) is 0 Å². The summed E-state index contributed by atoms with van der Waals surface area (Å²) in [5.41, 5.74) is 6.59. The first-order chi connectivity index (χ1) is 10.3. The lowest BCUT2D eigenvalue weighted by molar-refractivity contribution is 1.00. The normalized spacial score (nSPS) is 10.9. The van der Waals surface area contributed by atoms with Gasteiger partial charge in [0.25, 0.3) is 0 Å². The molecule has 0 atom stereocenters. The molecule has 1 aromatic carbocycles. The summed E-state index contributed by atoms with van der Waals surface area (Å²) in [7, 11) is 0. The summed E-state index contributed by atoms with van der Waals surface area (Å²) < 4.78 is 0. The summed E-state index contributed by atoms with van der Waals surface area (Å²) >= 11 is 0. The molecule has 0 radical (unpaired) electrons. The maximum atomic E-state index is 4.33. The van der Waals surface area contributed by atoms with E-state index >= 15 is 0 Å². The van der Waals surface area contributed by atoms with Crippen molar-refractivity contribution in [3.63, 3.8) is 0 Å². The van der Waals surface area contributed by atoms with Gasteiger partial charge in [0.05, 0.1) is 17.4 Å². The van der Waals surface area contributed by atoms with Crippen molar-refractivity contribution in [2.45, 2.75) is 0 Å².